The summed E-state index contributed by atoms with van der Waals surface area (Å²) in [5.41, 5.74) is 0.334. The van der Waals surface area contributed by atoms with Gasteiger partial charge in [0.1, 0.15) is 29.6 Å². The van der Waals surface area contributed by atoms with Gasteiger partial charge in [0.15, 0.2) is 11.6 Å². The van der Waals surface area contributed by atoms with Crippen LogP contribution < -0.4 is 20.5 Å². The van der Waals surface area contributed by atoms with Crippen LogP contribution in [0.1, 0.15) is 44.1 Å². The molecule has 2 aromatic carbocycles. The molecule has 2 aromatic heterocycles. The highest BCUT2D eigenvalue weighted by molar-refractivity contribution is 6.02. The highest BCUT2D eigenvalue weighted by Crippen LogP contribution is 2.43. The van der Waals surface area contributed by atoms with Gasteiger partial charge in [-0.1, -0.05) is 18.2 Å². The Morgan fingerprint density at radius 2 is 2.04 bits per heavy atom. The topological polar surface area (TPSA) is 105 Å². The van der Waals surface area contributed by atoms with E-state index in [0.717, 1.165) is 37.8 Å². The van der Waals surface area contributed by atoms with Crippen LogP contribution in [0.25, 0.3) is 32.9 Å². The third kappa shape index (κ3) is 4.48. The Hall–Kier alpha value is -3.87. The molecule has 0 aliphatic carbocycles. The molecule has 47 heavy (non-hydrogen) atoms. The van der Waals surface area contributed by atoms with Crippen molar-refractivity contribution in [1.29, 1.82) is 0 Å². The number of nitrogens with zero attached hydrogens (tertiary/aromatic N) is 5. The van der Waals surface area contributed by atoms with Gasteiger partial charge < -0.3 is 29.4 Å². The number of phenols is 1. The van der Waals surface area contributed by atoms with Crippen LogP contribution in [-0.2, 0) is 17.9 Å². The van der Waals surface area contributed by atoms with E-state index in [0.29, 0.717) is 54.6 Å². The summed E-state index contributed by atoms with van der Waals surface area (Å²) in [6.07, 6.45) is 4.02. The second-order valence-electron chi connectivity index (χ2n) is 14.0. The molecule has 0 spiro atoms. The van der Waals surface area contributed by atoms with Crippen LogP contribution in [0.15, 0.2) is 35.1 Å². The molecule has 5 aliphatic heterocycles. The number of methoxy groups -OCH3 is 1. The standard InChI is InChI=1S/C35H38F2N6O4/c1-46-17-20-5-2-4-19-12-23(44)13-24(27(19)20)28-29(37)30-31-32(40-34(39-30)47-18-35-9-3-10-41(35)15-21(36)14-35)43-16-22-6-7-25(38-22)26(43)8-11-42(31)33(28)45/h2,4-5,12-13,21-22,25-26,38,44H,3,6-11,14-18H2,1H3/t21-,22?,25?,26?,35+/m1/s1. The summed E-state index contributed by atoms with van der Waals surface area (Å²) in [6, 6.07) is 9.19. The second-order valence-corrected chi connectivity index (χ2v) is 14.0. The lowest BCUT2D eigenvalue weighted by molar-refractivity contribution is 0.107. The van der Waals surface area contributed by atoms with Gasteiger partial charge in [-0.3, -0.25) is 9.69 Å². The fraction of sp³-hybridized carbons (Fsp3) is 0.514. The number of aromatic hydroxyl groups is 1. The largest absolute Gasteiger partial charge is 0.508 e. The van der Waals surface area contributed by atoms with Crippen molar-refractivity contribution in [2.24, 2.45) is 0 Å². The van der Waals surface area contributed by atoms with E-state index in [1.807, 2.05) is 18.2 Å². The minimum Gasteiger partial charge on any atom is -0.508 e. The normalized spacial score (nSPS) is 28.2. The van der Waals surface area contributed by atoms with Gasteiger partial charge in [0.2, 0.25) is 0 Å². The van der Waals surface area contributed by atoms with Crippen LogP contribution in [0.4, 0.5) is 14.6 Å². The monoisotopic (exact) mass is 644 g/mol. The van der Waals surface area contributed by atoms with Crippen LogP contribution in [0.5, 0.6) is 11.8 Å². The average molecular weight is 645 g/mol. The molecule has 7 heterocycles. The molecule has 246 valence electrons. The van der Waals surface area contributed by atoms with Gasteiger partial charge in [-0.05, 0) is 67.1 Å². The molecule has 2 N–H and O–H groups in total. The third-order valence-electron chi connectivity index (χ3n) is 11.3. The van der Waals surface area contributed by atoms with E-state index < -0.39 is 23.1 Å². The molecule has 5 aliphatic rings. The summed E-state index contributed by atoms with van der Waals surface area (Å²) in [6.45, 7) is 2.72. The molecule has 12 heteroatoms. The Labute approximate surface area is 270 Å². The Bertz CT molecular complexity index is 1990. The zero-order chi connectivity index (χ0) is 32.0. The zero-order valence-corrected chi connectivity index (χ0v) is 26.3. The number of piperazine rings is 1. The number of halogens is 2. The first-order valence-electron chi connectivity index (χ1n) is 16.8. The van der Waals surface area contributed by atoms with E-state index in [1.165, 1.54) is 6.07 Å². The molecule has 0 amide bonds. The molecule has 9 rings (SSSR count). The van der Waals surface area contributed by atoms with Crippen molar-refractivity contribution < 1.29 is 23.4 Å². The van der Waals surface area contributed by atoms with E-state index >= 15 is 4.39 Å². The van der Waals surface area contributed by atoms with Crippen molar-refractivity contribution in [2.45, 2.75) is 81.5 Å². The number of phenolic OH excluding ortho intramolecular Hbond substituents is 1. The van der Waals surface area contributed by atoms with Crippen LogP contribution in [-0.4, -0.2) is 87.7 Å². The molecule has 4 saturated heterocycles. The third-order valence-corrected chi connectivity index (χ3v) is 11.3. The number of hydrogen-bond acceptors (Lipinski definition) is 9. The maximum atomic E-state index is 17.3. The van der Waals surface area contributed by atoms with Gasteiger partial charge >= 0.3 is 6.01 Å². The molecular formula is C35H38F2N6O4. The second kappa shape index (κ2) is 10.8. The Morgan fingerprint density at radius 1 is 1.15 bits per heavy atom. The number of anilines is 1. The van der Waals surface area contributed by atoms with Gasteiger partial charge in [-0.25, -0.2) is 8.78 Å². The summed E-state index contributed by atoms with van der Waals surface area (Å²) in [4.78, 5) is 28.5. The number of pyridine rings is 1. The van der Waals surface area contributed by atoms with E-state index in [1.54, 1.807) is 17.7 Å². The van der Waals surface area contributed by atoms with Gasteiger partial charge in [-0.2, -0.15) is 9.97 Å². The number of fused-ring (bicyclic) bond motifs is 7. The van der Waals surface area contributed by atoms with Crippen molar-refractivity contribution in [1.82, 2.24) is 24.8 Å². The van der Waals surface area contributed by atoms with Crippen LogP contribution in [0, 0.1) is 5.82 Å². The fourth-order valence-corrected chi connectivity index (χ4v) is 9.34. The summed E-state index contributed by atoms with van der Waals surface area (Å²) in [5.74, 6) is -0.354. The van der Waals surface area contributed by atoms with Crippen molar-refractivity contribution in [3.8, 4) is 22.9 Å². The van der Waals surface area contributed by atoms with Gasteiger partial charge in [0, 0.05) is 56.9 Å². The lowest BCUT2D eigenvalue weighted by Crippen LogP contribution is -2.58. The predicted molar refractivity (Wildman–Crippen MR) is 173 cm³/mol. The number of aryl methyl sites for hydroxylation is 1. The van der Waals surface area contributed by atoms with Crippen LogP contribution in [0.2, 0.25) is 0 Å². The first kappa shape index (κ1) is 29.3. The Kier molecular flexibility index (Phi) is 6.75. The first-order valence-corrected chi connectivity index (χ1v) is 16.8. The Morgan fingerprint density at radius 3 is 2.91 bits per heavy atom. The molecular weight excluding hydrogens is 606 g/mol. The van der Waals surface area contributed by atoms with Crippen LogP contribution >= 0.6 is 0 Å². The quantitative estimate of drug-likeness (QED) is 0.319. The Balaban J connectivity index is 1.26. The van der Waals surface area contributed by atoms with Crippen molar-refractivity contribution >= 4 is 27.6 Å². The fourth-order valence-electron chi connectivity index (χ4n) is 9.34. The minimum absolute atomic E-state index is 0.00223. The molecule has 0 radical (unpaired) electrons. The van der Waals surface area contributed by atoms with E-state index in [9.17, 15) is 14.3 Å². The number of aromatic nitrogens is 3. The number of hydrogen-bond donors (Lipinski definition) is 2. The summed E-state index contributed by atoms with van der Waals surface area (Å²) >= 11 is 0. The van der Waals surface area contributed by atoms with E-state index in [-0.39, 0.29) is 59.7 Å². The number of ether oxygens (including phenoxy) is 2. The average Bonchev–Trinajstić information content (AvgIpc) is 3.68. The van der Waals surface area contributed by atoms with Gasteiger partial charge in [-0.15, -0.1) is 0 Å². The van der Waals surface area contributed by atoms with Gasteiger partial charge in [0.25, 0.3) is 5.56 Å². The van der Waals surface area contributed by atoms with E-state index in [4.69, 9.17) is 14.5 Å². The lowest BCUT2D eigenvalue weighted by atomic mass is 9.94. The predicted octanol–water partition coefficient (Wildman–Crippen LogP) is 4.27. The molecule has 4 fully saturated rings. The maximum absolute atomic E-state index is 17.3. The number of alkyl halides is 1. The summed E-state index contributed by atoms with van der Waals surface area (Å²) in [5, 5.41) is 15.8. The lowest BCUT2D eigenvalue weighted by Gasteiger charge is -2.41. The molecule has 5 atom stereocenters. The minimum atomic E-state index is -0.910. The van der Waals surface area contributed by atoms with Gasteiger partial charge in [0.05, 0.1) is 17.7 Å². The molecule has 3 unspecified atom stereocenters. The zero-order valence-electron chi connectivity index (χ0n) is 26.3. The number of benzene rings is 2. The highest BCUT2D eigenvalue weighted by atomic mass is 19.1. The summed E-state index contributed by atoms with van der Waals surface area (Å²) in [7, 11) is 1.58. The maximum Gasteiger partial charge on any atom is 0.319 e. The first-order chi connectivity index (χ1) is 22.8. The molecule has 0 saturated carbocycles. The molecule has 4 aromatic rings. The van der Waals surface area contributed by atoms with Crippen LogP contribution in [0.3, 0.4) is 0 Å². The van der Waals surface area contributed by atoms with Crippen molar-refractivity contribution in [2.75, 3.05) is 38.3 Å². The molecule has 2 bridgehead atoms. The number of rotatable bonds is 6. The SMILES string of the molecule is COCc1cccc2cc(O)cc(-c3c(F)c4nc(OC[C@@]56CCCN5C[C@H](F)C6)nc5c4n(c3=O)CCC3C4CCC(CN53)N4)c12. The van der Waals surface area contributed by atoms with E-state index in [2.05, 4.69) is 20.1 Å². The molecule has 10 nitrogen and oxygen atoms in total. The highest BCUT2D eigenvalue weighted by Gasteiger charge is 2.50. The number of nitrogens with one attached hydrogen (secondary N) is 1. The smallest absolute Gasteiger partial charge is 0.319 e. The van der Waals surface area contributed by atoms with Crippen molar-refractivity contribution in [3.63, 3.8) is 0 Å². The summed E-state index contributed by atoms with van der Waals surface area (Å²) < 4.78 is 45.2. The van der Waals surface area contributed by atoms with Crippen molar-refractivity contribution in [3.05, 3.63) is 52.1 Å².